The average molecular weight is 292 g/mol. The summed E-state index contributed by atoms with van der Waals surface area (Å²) in [5.41, 5.74) is 0.516. The van der Waals surface area contributed by atoms with Crippen molar-refractivity contribution in [2.24, 2.45) is 5.92 Å². The predicted molar refractivity (Wildman–Crippen MR) is 65.5 cm³/mol. The molecule has 7 heteroatoms. The number of methoxy groups -OCH3 is 2. The van der Waals surface area contributed by atoms with Gasteiger partial charge in [-0.2, -0.15) is 0 Å². The second kappa shape index (κ2) is 6.56. The van der Waals surface area contributed by atoms with E-state index in [4.69, 9.17) is 23.2 Å². The summed E-state index contributed by atoms with van der Waals surface area (Å²) in [6.07, 6.45) is 1.45. The van der Waals surface area contributed by atoms with Gasteiger partial charge >= 0.3 is 11.9 Å². The number of pyridine rings is 1. The van der Waals surface area contributed by atoms with Crippen molar-refractivity contribution in [2.75, 3.05) is 14.2 Å². The molecule has 0 N–H and O–H groups in total. The number of esters is 2. The van der Waals surface area contributed by atoms with Crippen LogP contribution in [0, 0.1) is 5.92 Å². The minimum atomic E-state index is -1.07. The van der Waals surface area contributed by atoms with Crippen molar-refractivity contribution in [1.29, 1.82) is 0 Å². The van der Waals surface area contributed by atoms with Gasteiger partial charge in [-0.3, -0.25) is 9.59 Å². The first-order valence-electron chi connectivity index (χ1n) is 4.95. The molecular weight excluding hydrogens is 281 g/mol. The van der Waals surface area contributed by atoms with Crippen LogP contribution in [0.4, 0.5) is 0 Å². The Labute approximate surface area is 114 Å². The van der Waals surface area contributed by atoms with Gasteiger partial charge in [0.25, 0.3) is 0 Å². The van der Waals surface area contributed by atoms with Crippen molar-refractivity contribution in [1.82, 2.24) is 4.98 Å². The van der Waals surface area contributed by atoms with Crippen LogP contribution in [0.3, 0.4) is 0 Å². The molecule has 0 radical (unpaired) electrons. The zero-order valence-electron chi connectivity index (χ0n) is 9.78. The number of carbonyl (C=O) groups is 2. The number of ether oxygens (including phenoxy) is 2. The van der Waals surface area contributed by atoms with Crippen LogP contribution in [0.1, 0.15) is 5.56 Å². The molecule has 1 rings (SSSR count). The fraction of sp³-hybridized carbons (Fsp3) is 0.364. The van der Waals surface area contributed by atoms with Crippen molar-refractivity contribution in [2.45, 2.75) is 6.42 Å². The van der Waals surface area contributed by atoms with E-state index in [0.29, 0.717) is 10.6 Å². The van der Waals surface area contributed by atoms with Crippen molar-refractivity contribution in [3.05, 3.63) is 28.0 Å². The quantitative estimate of drug-likeness (QED) is 0.481. The molecule has 0 spiro atoms. The Hall–Kier alpha value is -1.33. The molecule has 98 valence electrons. The third-order valence-electron chi connectivity index (χ3n) is 2.29. The van der Waals surface area contributed by atoms with Gasteiger partial charge in [0.1, 0.15) is 5.15 Å². The van der Waals surface area contributed by atoms with Crippen LogP contribution in [0.25, 0.3) is 0 Å². The summed E-state index contributed by atoms with van der Waals surface area (Å²) in [6.45, 7) is 0. The molecule has 1 aromatic heterocycles. The highest BCUT2D eigenvalue weighted by Gasteiger charge is 2.29. The second-order valence-electron chi connectivity index (χ2n) is 3.40. The number of hydrogen-bond acceptors (Lipinski definition) is 5. The van der Waals surface area contributed by atoms with Gasteiger partial charge < -0.3 is 9.47 Å². The molecule has 0 saturated carbocycles. The molecule has 0 aliphatic heterocycles. The van der Waals surface area contributed by atoms with Crippen molar-refractivity contribution < 1.29 is 19.1 Å². The maximum atomic E-state index is 11.5. The van der Waals surface area contributed by atoms with Crippen LogP contribution in [-0.2, 0) is 25.5 Å². The highest BCUT2D eigenvalue weighted by Crippen LogP contribution is 2.22. The first kappa shape index (κ1) is 14.7. The molecule has 0 amide bonds. The van der Waals surface area contributed by atoms with Gasteiger partial charge in [-0.05, 0) is 18.1 Å². The van der Waals surface area contributed by atoms with E-state index in [-0.39, 0.29) is 11.6 Å². The minimum Gasteiger partial charge on any atom is -0.468 e. The standard InChI is InChI=1S/C11H11Cl2NO4/c1-17-10(15)7(11(16)18-2)3-6-5-14-9(13)4-8(6)12/h4-5,7H,3H2,1-2H3. The van der Waals surface area contributed by atoms with Gasteiger partial charge in [-0.15, -0.1) is 0 Å². The maximum absolute atomic E-state index is 11.5. The molecule has 0 fully saturated rings. The topological polar surface area (TPSA) is 65.5 Å². The van der Waals surface area contributed by atoms with Crippen LogP contribution in [0.2, 0.25) is 10.2 Å². The molecule has 0 atom stereocenters. The fourth-order valence-corrected chi connectivity index (χ4v) is 1.80. The van der Waals surface area contributed by atoms with Gasteiger partial charge in [0.15, 0.2) is 5.92 Å². The maximum Gasteiger partial charge on any atom is 0.320 e. The number of rotatable bonds is 4. The van der Waals surface area contributed by atoms with Crippen LogP contribution >= 0.6 is 23.2 Å². The molecule has 0 aromatic carbocycles. The van der Waals surface area contributed by atoms with Gasteiger partial charge in [-0.25, -0.2) is 4.98 Å². The molecule has 1 aromatic rings. The summed E-state index contributed by atoms with van der Waals surface area (Å²) in [5.74, 6) is -2.44. The van der Waals surface area contributed by atoms with Crippen molar-refractivity contribution >= 4 is 35.1 Å². The molecule has 5 nitrogen and oxygen atoms in total. The third kappa shape index (κ3) is 3.58. The monoisotopic (exact) mass is 291 g/mol. The van der Waals surface area contributed by atoms with E-state index in [1.807, 2.05) is 0 Å². The van der Waals surface area contributed by atoms with E-state index in [1.54, 1.807) is 0 Å². The molecule has 18 heavy (non-hydrogen) atoms. The minimum absolute atomic E-state index is 0.0440. The highest BCUT2D eigenvalue weighted by atomic mass is 35.5. The lowest BCUT2D eigenvalue weighted by molar-refractivity contribution is -0.158. The van der Waals surface area contributed by atoms with E-state index >= 15 is 0 Å². The lowest BCUT2D eigenvalue weighted by Gasteiger charge is -2.13. The zero-order valence-corrected chi connectivity index (χ0v) is 11.3. The summed E-state index contributed by atoms with van der Waals surface area (Å²) in [6, 6.07) is 1.43. The van der Waals surface area contributed by atoms with Gasteiger partial charge in [-0.1, -0.05) is 23.2 Å². The summed E-state index contributed by atoms with van der Waals surface area (Å²) < 4.78 is 9.08. The molecular formula is C11H11Cl2NO4. The zero-order chi connectivity index (χ0) is 13.7. The number of hydrogen-bond donors (Lipinski definition) is 0. The van der Waals surface area contributed by atoms with Gasteiger partial charge in [0.2, 0.25) is 0 Å². The average Bonchev–Trinajstić information content (AvgIpc) is 2.36. The summed E-state index contributed by atoms with van der Waals surface area (Å²) in [7, 11) is 2.39. The first-order valence-corrected chi connectivity index (χ1v) is 5.70. The molecule has 0 saturated heterocycles. The summed E-state index contributed by atoms with van der Waals surface area (Å²) in [5, 5.41) is 0.559. The Bertz CT molecular complexity index is 448. The SMILES string of the molecule is COC(=O)C(Cc1cnc(Cl)cc1Cl)C(=O)OC. The summed E-state index contributed by atoms with van der Waals surface area (Å²) >= 11 is 11.6. The fourth-order valence-electron chi connectivity index (χ4n) is 1.35. The van der Waals surface area contributed by atoms with E-state index < -0.39 is 17.9 Å². The Balaban J connectivity index is 2.96. The number of nitrogens with zero attached hydrogens (tertiary/aromatic N) is 1. The van der Waals surface area contributed by atoms with Crippen LogP contribution in [0.15, 0.2) is 12.3 Å². The first-order chi connectivity index (χ1) is 8.49. The van der Waals surface area contributed by atoms with Crippen LogP contribution < -0.4 is 0 Å². The molecule has 0 aliphatic rings. The van der Waals surface area contributed by atoms with E-state index in [9.17, 15) is 9.59 Å². The Morgan fingerprint density at radius 2 is 1.83 bits per heavy atom. The van der Waals surface area contributed by atoms with Crippen LogP contribution in [0.5, 0.6) is 0 Å². The molecule has 0 unspecified atom stereocenters. The van der Waals surface area contributed by atoms with E-state index in [2.05, 4.69) is 14.5 Å². The highest BCUT2D eigenvalue weighted by molar-refractivity contribution is 6.34. The normalized spacial score (nSPS) is 10.3. The lowest BCUT2D eigenvalue weighted by atomic mass is 10.0. The van der Waals surface area contributed by atoms with E-state index in [0.717, 1.165) is 0 Å². The summed E-state index contributed by atoms with van der Waals surface area (Å²) in [4.78, 5) is 26.8. The predicted octanol–water partition coefficient (Wildman–Crippen LogP) is 1.89. The largest absolute Gasteiger partial charge is 0.468 e. The number of halogens is 2. The lowest BCUT2D eigenvalue weighted by Crippen LogP contribution is -2.28. The van der Waals surface area contributed by atoms with Gasteiger partial charge in [0, 0.05) is 11.2 Å². The third-order valence-corrected chi connectivity index (χ3v) is 2.85. The second-order valence-corrected chi connectivity index (χ2v) is 4.20. The van der Waals surface area contributed by atoms with Gasteiger partial charge in [0.05, 0.1) is 14.2 Å². The number of carbonyl (C=O) groups excluding carboxylic acids is 2. The molecule has 1 heterocycles. The Morgan fingerprint density at radius 3 is 2.28 bits per heavy atom. The van der Waals surface area contributed by atoms with Crippen molar-refractivity contribution in [3.8, 4) is 0 Å². The number of aromatic nitrogens is 1. The van der Waals surface area contributed by atoms with Crippen molar-refractivity contribution in [3.63, 3.8) is 0 Å². The van der Waals surface area contributed by atoms with Crippen LogP contribution in [-0.4, -0.2) is 31.1 Å². The van der Waals surface area contributed by atoms with E-state index in [1.165, 1.54) is 26.5 Å². The smallest absolute Gasteiger partial charge is 0.320 e. The Morgan fingerprint density at radius 1 is 1.28 bits per heavy atom. The molecule has 0 bridgehead atoms. The Kier molecular flexibility index (Phi) is 5.37. The molecule has 0 aliphatic carbocycles.